The Bertz CT molecular complexity index is 2010. The van der Waals surface area contributed by atoms with Crippen molar-refractivity contribution in [1.29, 1.82) is 0 Å². The highest BCUT2D eigenvalue weighted by molar-refractivity contribution is 5.99. The van der Waals surface area contributed by atoms with Gasteiger partial charge in [0.15, 0.2) is 23.1 Å². The SMILES string of the molecule is O=C1CC(n2c(=O)c(Oc3ccccc3F)cc3cnc(Nc4ccc(N5CCN6CCCC6C5)cc4)nc32)Cc2ccccc21. The highest BCUT2D eigenvalue weighted by Crippen LogP contribution is 2.33. The molecule has 0 amide bonds. The van der Waals surface area contributed by atoms with E-state index in [1.165, 1.54) is 47.8 Å². The number of hydrogen-bond donors (Lipinski definition) is 1. The summed E-state index contributed by atoms with van der Waals surface area (Å²) in [6.07, 6.45) is 4.74. The first-order valence-electron chi connectivity index (χ1n) is 15.8. The smallest absolute Gasteiger partial charge is 0.295 e. The lowest BCUT2D eigenvalue weighted by molar-refractivity contribution is 0.0951. The van der Waals surface area contributed by atoms with E-state index in [1.807, 2.05) is 36.4 Å². The van der Waals surface area contributed by atoms with Crippen LogP contribution in [-0.4, -0.2) is 57.4 Å². The first-order chi connectivity index (χ1) is 22.5. The predicted octanol–water partition coefficient (Wildman–Crippen LogP) is 6.12. The van der Waals surface area contributed by atoms with E-state index in [1.54, 1.807) is 18.3 Å². The summed E-state index contributed by atoms with van der Waals surface area (Å²) in [6.45, 7) is 4.38. The van der Waals surface area contributed by atoms with Crippen LogP contribution in [0.2, 0.25) is 0 Å². The Hall–Kier alpha value is -5.09. The number of rotatable bonds is 6. The number of ether oxygens (including phenoxy) is 1. The highest BCUT2D eigenvalue weighted by Gasteiger charge is 2.31. The van der Waals surface area contributed by atoms with Gasteiger partial charge in [-0.3, -0.25) is 19.1 Å². The van der Waals surface area contributed by atoms with Gasteiger partial charge in [0.25, 0.3) is 5.56 Å². The van der Waals surface area contributed by atoms with Crippen molar-refractivity contribution in [1.82, 2.24) is 19.4 Å². The maximum atomic E-state index is 14.5. The fraction of sp³-hybridized carbons (Fsp3) is 0.278. The standard InChI is InChI=1S/C36H33FN6O3/c37-30-9-3-4-10-32(30)46-33-19-24-21-38-36(39-25-11-13-26(14-12-25)42-17-16-41-15-5-7-27(41)22-42)40-34(24)43(35(33)45)28-18-23-6-1-2-8-29(23)31(44)20-28/h1-4,6,8-14,19,21,27-28H,5,7,15-18,20,22H2,(H,38,39,40). The van der Waals surface area contributed by atoms with Crippen molar-refractivity contribution < 1.29 is 13.9 Å². The zero-order chi connectivity index (χ0) is 31.2. The third-order valence-electron chi connectivity index (χ3n) is 9.43. The van der Waals surface area contributed by atoms with Crippen LogP contribution in [-0.2, 0) is 6.42 Å². The summed E-state index contributed by atoms with van der Waals surface area (Å²) in [5, 5.41) is 3.82. The van der Waals surface area contributed by atoms with Gasteiger partial charge in [-0.25, -0.2) is 9.37 Å². The molecule has 2 aromatic heterocycles. The Morgan fingerprint density at radius 1 is 0.870 bits per heavy atom. The van der Waals surface area contributed by atoms with Crippen molar-refractivity contribution in [3.05, 3.63) is 112 Å². The maximum Gasteiger partial charge on any atom is 0.295 e. The molecule has 3 aliphatic rings. The van der Waals surface area contributed by atoms with Crippen molar-refractivity contribution in [3.63, 3.8) is 0 Å². The summed E-state index contributed by atoms with van der Waals surface area (Å²) >= 11 is 0. The lowest BCUT2D eigenvalue weighted by Gasteiger charge is -2.38. The van der Waals surface area contributed by atoms with Crippen LogP contribution in [0.5, 0.6) is 11.5 Å². The second-order valence-corrected chi connectivity index (χ2v) is 12.3. The number of fused-ring (bicyclic) bond motifs is 3. The number of anilines is 3. The zero-order valence-electron chi connectivity index (χ0n) is 25.2. The molecule has 2 unspecified atom stereocenters. The molecule has 232 valence electrons. The fourth-order valence-corrected chi connectivity index (χ4v) is 7.13. The first kappa shape index (κ1) is 28.4. The number of hydrogen-bond acceptors (Lipinski definition) is 8. The van der Waals surface area contributed by atoms with E-state index in [4.69, 9.17) is 9.72 Å². The molecule has 46 heavy (non-hydrogen) atoms. The number of halogens is 1. The van der Waals surface area contributed by atoms with E-state index in [2.05, 4.69) is 32.2 Å². The van der Waals surface area contributed by atoms with E-state index in [9.17, 15) is 14.0 Å². The van der Waals surface area contributed by atoms with E-state index in [0.29, 0.717) is 35.0 Å². The highest BCUT2D eigenvalue weighted by atomic mass is 19.1. The third kappa shape index (κ3) is 5.28. The number of aromatic nitrogens is 3. The van der Waals surface area contributed by atoms with Crippen molar-refractivity contribution in [2.45, 2.75) is 37.8 Å². The molecular formula is C36H33FN6O3. The molecule has 2 atom stereocenters. The van der Waals surface area contributed by atoms with Crippen molar-refractivity contribution in [3.8, 4) is 11.5 Å². The number of carbonyl (C=O) groups is 1. The van der Waals surface area contributed by atoms with Gasteiger partial charge >= 0.3 is 0 Å². The molecule has 0 spiro atoms. The average molecular weight is 617 g/mol. The van der Waals surface area contributed by atoms with Crippen molar-refractivity contribution >= 4 is 34.1 Å². The van der Waals surface area contributed by atoms with Gasteiger partial charge in [0.1, 0.15) is 5.65 Å². The largest absolute Gasteiger partial charge is 0.448 e. The number of nitrogens with zero attached hydrogens (tertiary/aromatic N) is 5. The van der Waals surface area contributed by atoms with Gasteiger partial charge in [-0.05, 0) is 73.8 Å². The van der Waals surface area contributed by atoms with E-state index in [-0.39, 0.29) is 23.7 Å². The molecule has 2 aliphatic heterocycles. The Labute approximate surface area is 265 Å². The molecule has 2 saturated heterocycles. The number of nitrogens with one attached hydrogen (secondary N) is 1. The monoisotopic (exact) mass is 616 g/mol. The summed E-state index contributed by atoms with van der Waals surface area (Å²) in [4.78, 5) is 41.6. The molecule has 2 fully saturated rings. The van der Waals surface area contributed by atoms with Gasteiger partial charge in [-0.15, -0.1) is 0 Å². The molecule has 1 aliphatic carbocycles. The summed E-state index contributed by atoms with van der Waals surface area (Å²) in [5.74, 6) is -0.448. The molecule has 4 heterocycles. The zero-order valence-corrected chi connectivity index (χ0v) is 25.2. The topological polar surface area (TPSA) is 92.6 Å². The van der Waals surface area contributed by atoms with E-state index >= 15 is 0 Å². The molecule has 9 nitrogen and oxygen atoms in total. The van der Waals surface area contributed by atoms with E-state index in [0.717, 1.165) is 30.9 Å². The number of benzene rings is 3. The number of piperazine rings is 1. The van der Waals surface area contributed by atoms with Gasteiger partial charge in [-0.1, -0.05) is 36.4 Å². The molecule has 8 rings (SSSR count). The Morgan fingerprint density at radius 2 is 1.70 bits per heavy atom. The molecular weight excluding hydrogens is 583 g/mol. The third-order valence-corrected chi connectivity index (χ3v) is 9.43. The molecule has 5 aromatic rings. The van der Waals surface area contributed by atoms with Gasteiger partial charge < -0.3 is 15.0 Å². The number of pyridine rings is 1. The Kier molecular flexibility index (Phi) is 7.21. The molecule has 3 aromatic carbocycles. The lowest BCUT2D eigenvalue weighted by Crippen LogP contribution is -2.50. The minimum Gasteiger partial charge on any atom is -0.448 e. The summed E-state index contributed by atoms with van der Waals surface area (Å²) in [7, 11) is 0. The minimum absolute atomic E-state index is 0.0471. The number of carbonyl (C=O) groups excluding carboxylic acids is 1. The van der Waals surface area contributed by atoms with Crippen LogP contribution in [0.15, 0.2) is 89.9 Å². The van der Waals surface area contributed by atoms with Gasteiger partial charge in [0, 0.05) is 60.6 Å². The molecule has 1 N–H and O–H groups in total. The maximum absolute atomic E-state index is 14.5. The van der Waals surface area contributed by atoms with Crippen LogP contribution in [0.3, 0.4) is 0 Å². The number of para-hydroxylation sites is 1. The molecule has 0 bridgehead atoms. The summed E-state index contributed by atoms with van der Waals surface area (Å²) < 4.78 is 21.8. The van der Waals surface area contributed by atoms with Crippen LogP contribution in [0.25, 0.3) is 11.0 Å². The van der Waals surface area contributed by atoms with Gasteiger partial charge in [0.2, 0.25) is 5.95 Å². The Balaban J connectivity index is 1.13. The van der Waals surface area contributed by atoms with Crippen LogP contribution in [0, 0.1) is 5.82 Å². The quantitative estimate of drug-likeness (QED) is 0.244. The minimum atomic E-state index is -0.585. The second-order valence-electron chi connectivity index (χ2n) is 12.3. The van der Waals surface area contributed by atoms with Crippen molar-refractivity contribution in [2.75, 3.05) is 36.4 Å². The molecule has 0 saturated carbocycles. The summed E-state index contributed by atoms with van der Waals surface area (Å²) in [6, 6.07) is 23.3. The Morgan fingerprint density at radius 3 is 2.57 bits per heavy atom. The van der Waals surface area contributed by atoms with Crippen LogP contribution >= 0.6 is 0 Å². The number of ketones is 1. The van der Waals surface area contributed by atoms with Crippen LogP contribution in [0.1, 0.15) is 41.2 Å². The second kappa shape index (κ2) is 11.7. The lowest BCUT2D eigenvalue weighted by atomic mass is 9.87. The fourth-order valence-electron chi connectivity index (χ4n) is 7.13. The average Bonchev–Trinajstić information content (AvgIpc) is 3.55. The first-order valence-corrected chi connectivity index (χ1v) is 15.8. The normalized spacial score (nSPS) is 19.6. The van der Waals surface area contributed by atoms with Gasteiger partial charge in [-0.2, -0.15) is 4.98 Å². The summed E-state index contributed by atoms with van der Waals surface area (Å²) in [5.41, 5.74) is 3.41. The van der Waals surface area contributed by atoms with E-state index < -0.39 is 17.4 Å². The van der Waals surface area contributed by atoms with Crippen molar-refractivity contribution in [2.24, 2.45) is 0 Å². The molecule has 0 radical (unpaired) electrons. The molecule has 10 heteroatoms. The van der Waals surface area contributed by atoms with Crippen LogP contribution in [0.4, 0.5) is 21.7 Å². The predicted molar refractivity (Wildman–Crippen MR) is 175 cm³/mol. The van der Waals surface area contributed by atoms with Gasteiger partial charge in [0.05, 0.1) is 6.04 Å². The number of Topliss-reactive ketones (excluding diaryl/α,β-unsaturated/α-hetero) is 1. The van der Waals surface area contributed by atoms with Crippen LogP contribution < -0.4 is 20.5 Å².